The second-order valence-electron chi connectivity index (χ2n) is 8.52. The van der Waals surface area contributed by atoms with Crippen molar-refractivity contribution in [3.63, 3.8) is 0 Å². The number of amides is 2. The van der Waals surface area contributed by atoms with Gasteiger partial charge in [0.15, 0.2) is 0 Å². The van der Waals surface area contributed by atoms with Crippen LogP contribution in [0, 0.1) is 0 Å². The number of hydrogen-bond acceptors (Lipinski definition) is 4. The third-order valence-corrected chi connectivity index (χ3v) is 6.65. The molecule has 6 nitrogen and oxygen atoms in total. The molecule has 3 aromatic carbocycles. The fourth-order valence-electron chi connectivity index (χ4n) is 3.75. The lowest BCUT2D eigenvalue weighted by atomic mass is 10.1. The first-order valence-electron chi connectivity index (χ1n) is 11.6. The topological polar surface area (TPSA) is 76.0 Å². The molecule has 7 heteroatoms. The van der Waals surface area contributed by atoms with Crippen LogP contribution in [0.25, 0.3) is 16.9 Å². The highest BCUT2D eigenvalue weighted by Gasteiger charge is 2.23. The number of nitrogens with one attached hydrogen (secondary N) is 2. The molecule has 1 aliphatic rings. The van der Waals surface area contributed by atoms with E-state index in [0.717, 1.165) is 35.3 Å². The standard InChI is InChI=1S/C28H26N4O2S/c33-26(29-24-11-7-10-21(16-24)28(34)30-23-14-15-23)19-35-18-22-17-32(25-12-5-2-6-13-25)31-27(22)20-8-3-1-4-9-20/h1-13,16-17,23H,14-15,18-19H2,(H,29,33)(H,30,34). The Bertz CT molecular complexity index is 1320. The zero-order valence-electron chi connectivity index (χ0n) is 19.2. The van der Waals surface area contributed by atoms with Crippen molar-refractivity contribution in [1.29, 1.82) is 0 Å². The van der Waals surface area contributed by atoms with Crippen molar-refractivity contribution in [2.45, 2.75) is 24.6 Å². The highest BCUT2D eigenvalue weighted by Crippen LogP contribution is 2.27. The van der Waals surface area contributed by atoms with E-state index in [1.807, 2.05) is 71.5 Å². The van der Waals surface area contributed by atoms with E-state index in [-0.39, 0.29) is 11.8 Å². The van der Waals surface area contributed by atoms with Gasteiger partial charge in [0.25, 0.3) is 5.91 Å². The van der Waals surface area contributed by atoms with Crippen LogP contribution in [0.1, 0.15) is 28.8 Å². The van der Waals surface area contributed by atoms with Gasteiger partial charge in [0.05, 0.1) is 17.1 Å². The molecule has 1 heterocycles. The van der Waals surface area contributed by atoms with Gasteiger partial charge in [-0.3, -0.25) is 9.59 Å². The maximum absolute atomic E-state index is 12.6. The van der Waals surface area contributed by atoms with E-state index in [0.29, 0.717) is 28.8 Å². The van der Waals surface area contributed by atoms with Gasteiger partial charge in [-0.1, -0.05) is 54.6 Å². The number of hydrogen-bond donors (Lipinski definition) is 2. The lowest BCUT2D eigenvalue weighted by Crippen LogP contribution is -2.25. The van der Waals surface area contributed by atoms with Crippen LogP contribution < -0.4 is 10.6 Å². The summed E-state index contributed by atoms with van der Waals surface area (Å²) in [6.45, 7) is 0. The van der Waals surface area contributed by atoms with E-state index >= 15 is 0 Å². The maximum atomic E-state index is 12.6. The van der Waals surface area contributed by atoms with Crippen LogP contribution in [0.5, 0.6) is 0 Å². The summed E-state index contributed by atoms with van der Waals surface area (Å²) in [7, 11) is 0. The van der Waals surface area contributed by atoms with Crippen molar-refractivity contribution in [1.82, 2.24) is 15.1 Å². The van der Waals surface area contributed by atoms with E-state index in [1.54, 1.807) is 24.3 Å². The van der Waals surface area contributed by atoms with Crippen LogP contribution in [0.3, 0.4) is 0 Å². The predicted octanol–water partition coefficient (Wildman–Crippen LogP) is 5.30. The molecule has 4 aromatic rings. The maximum Gasteiger partial charge on any atom is 0.251 e. The molecule has 2 amide bonds. The molecule has 1 saturated carbocycles. The average molecular weight is 483 g/mol. The number of para-hydroxylation sites is 1. The summed E-state index contributed by atoms with van der Waals surface area (Å²) < 4.78 is 1.89. The Morgan fingerprint density at radius 3 is 2.43 bits per heavy atom. The van der Waals surface area contributed by atoms with Gasteiger partial charge in [-0.15, -0.1) is 11.8 Å². The minimum absolute atomic E-state index is 0.0955. The van der Waals surface area contributed by atoms with E-state index in [4.69, 9.17) is 5.10 Å². The van der Waals surface area contributed by atoms with Gasteiger partial charge < -0.3 is 10.6 Å². The molecule has 1 aromatic heterocycles. The number of thioether (sulfide) groups is 1. The van der Waals surface area contributed by atoms with Crippen LogP contribution in [0.4, 0.5) is 5.69 Å². The largest absolute Gasteiger partial charge is 0.349 e. The second-order valence-corrected chi connectivity index (χ2v) is 9.50. The molecule has 5 rings (SSSR count). The summed E-state index contributed by atoms with van der Waals surface area (Å²) in [6, 6.07) is 27.4. The van der Waals surface area contributed by atoms with Crippen molar-refractivity contribution < 1.29 is 9.59 Å². The van der Waals surface area contributed by atoms with Crippen molar-refractivity contribution in [3.8, 4) is 16.9 Å². The Kier molecular flexibility index (Phi) is 6.95. The Hall–Kier alpha value is -3.84. The number of aromatic nitrogens is 2. The van der Waals surface area contributed by atoms with Crippen molar-refractivity contribution in [3.05, 3.63) is 102 Å². The SMILES string of the molecule is O=C(CSCc1cn(-c2ccccc2)nc1-c1ccccc1)Nc1cccc(C(=O)NC2CC2)c1. The summed E-state index contributed by atoms with van der Waals surface area (Å²) >= 11 is 1.53. The summed E-state index contributed by atoms with van der Waals surface area (Å²) in [5, 5.41) is 10.7. The lowest BCUT2D eigenvalue weighted by molar-refractivity contribution is -0.113. The van der Waals surface area contributed by atoms with Gasteiger partial charge in [-0.25, -0.2) is 4.68 Å². The number of nitrogens with zero attached hydrogens (tertiary/aromatic N) is 2. The van der Waals surface area contributed by atoms with Gasteiger partial charge in [0, 0.05) is 40.4 Å². The molecular formula is C28H26N4O2S. The van der Waals surface area contributed by atoms with E-state index in [1.165, 1.54) is 11.8 Å². The molecule has 0 unspecified atom stereocenters. The van der Waals surface area contributed by atoms with Gasteiger partial charge >= 0.3 is 0 Å². The minimum atomic E-state index is -0.105. The molecule has 0 atom stereocenters. The monoisotopic (exact) mass is 482 g/mol. The molecular weight excluding hydrogens is 456 g/mol. The molecule has 2 N–H and O–H groups in total. The Morgan fingerprint density at radius 1 is 0.943 bits per heavy atom. The molecule has 0 saturated heterocycles. The Balaban J connectivity index is 1.23. The van der Waals surface area contributed by atoms with Crippen LogP contribution in [0.2, 0.25) is 0 Å². The second kappa shape index (κ2) is 10.6. The highest BCUT2D eigenvalue weighted by molar-refractivity contribution is 7.99. The fourth-order valence-corrected chi connectivity index (χ4v) is 4.54. The first-order valence-corrected chi connectivity index (χ1v) is 12.8. The normalized spacial score (nSPS) is 12.8. The molecule has 0 radical (unpaired) electrons. The van der Waals surface area contributed by atoms with Crippen LogP contribution in [-0.4, -0.2) is 33.4 Å². The molecule has 1 aliphatic carbocycles. The van der Waals surface area contributed by atoms with Gasteiger partial charge in [0.1, 0.15) is 0 Å². The highest BCUT2D eigenvalue weighted by atomic mass is 32.2. The summed E-state index contributed by atoms with van der Waals surface area (Å²) in [5.41, 5.74) is 5.20. The molecule has 0 aliphatic heterocycles. The lowest BCUT2D eigenvalue weighted by Gasteiger charge is -2.08. The van der Waals surface area contributed by atoms with Crippen LogP contribution in [-0.2, 0) is 10.5 Å². The minimum Gasteiger partial charge on any atom is -0.349 e. The number of rotatable bonds is 9. The zero-order chi connectivity index (χ0) is 24.0. The zero-order valence-corrected chi connectivity index (χ0v) is 20.0. The smallest absolute Gasteiger partial charge is 0.251 e. The number of anilines is 1. The summed E-state index contributed by atoms with van der Waals surface area (Å²) in [5.74, 6) is 0.741. The molecule has 0 bridgehead atoms. The van der Waals surface area contributed by atoms with E-state index in [2.05, 4.69) is 10.6 Å². The molecule has 176 valence electrons. The number of carbonyl (C=O) groups excluding carboxylic acids is 2. The van der Waals surface area contributed by atoms with Crippen molar-refractivity contribution in [2.24, 2.45) is 0 Å². The first kappa shape index (κ1) is 22.9. The van der Waals surface area contributed by atoms with Crippen LogP contribution >= 0.6 is 11.8 Å². The van der Waals surface area contributed by atoms with E-state index in [9.17, 15) is 9.59 Å². The average Bonchev–Trinajstić information content (AvgIpc) is 3.61. The van der Waals surface area contributed by atoms with Gasteiger partial charge in [-0.2, -0.15) is 5.10 Å². The summed E-state index contributed by atoms with van der Waals surface area (Å²) in [6.07, 6.45) is 4.11. The molecule has 0 spiro atoms. The Labute approximate surface area is 208 Å². The third-order valence-electron chi connectivity index (χ3n) is 5.67. The fraction of sp³-hybridized carbons (Fsp3) is 0.179. The van der Waals surface area contributed by atoms with Gasteiger partial charge in [0.2, 0.25) is 5.91 Å². The van der Waals surface area contributed by atoms with Crippen molar-refractivity contribution in [2.75, 3.05) is 11.1 Å². The van der Waals surface area contributed by atoms with E-state index < -0.39 is 0 Å². The quantitative estimate of drug-likeness (QED) is 0.339. The number of benzene rings is 3. The summed E-state index contributed by atoms with van der Waals surface area (Å²) in [4.78, 5) is 24.9. The van der Waals surface area contributed by atoms with Crippen molar-refractivity contribution >= 4 is 29.3 Å². The Morgan fingerprint density at radius 2 is 1.69 bits per heavy atom. The van der Waals surface area contributed by atoms with Gasteiger partial charge in [-0.05, 0) is 43.2 Å². The number of carbonyl (C=O) groups is 2. The van der Waals surface area contributed by atoms with Crippen LogP contribution in [0.15, 0.2) is 91.1 Å². The third kappa shape index (κ3) is 6.00. The molecule has 35 heavy (non-hydrogen) atoms. The first-order chi connectivity index (χ1) is 17.2. The predicted molar refractivity (Wildman–Crippen MR) is 141 cm³/mol. The molecule has 1 fully saturated rings.